The summed E-state index contributed by atoms with van der Waals surface area (Å²) in [6.07, 6.45) is -0.682. The molecule has 0 saturated carbocycles. The first kappa shape index (κ1) is 21.4. The average Bonchev–Trinajstić information content (AvgIpc) is 3.49. The smallest absolute Gasteiger partial charge is 0.309 e. The van der Waals surface area contributed by atoms with Crippen molar-refractivity contribution in [2.45, 2.75) is 12.8 Å². The van der Waals surface area contributed by atoms with Crippen LogP contribution in [0.3, 0.4) is 0 Å². The van der Waals surface area contributed by atoms with E-state index in [2.05, 4.69) is 10.6 Å². The Labute approximate surface area is 184 Å². The summed E-state index contributed by atoms with van der Waals surface area (Å²) in [7, 11) is 1.53. The number of benzene rings is 2. The number of para-hydroxylation sites is 1. The number of amides is 3. The molecular weight excluding hydrogens is 418 g/mol. The normalized spacial score (nSPS) is 16.5. The minimum Gasteiger partial charge on any atom is -0.496 e. The van der Waals surface area contributed by atoms with Crippen LogP contribution in [0.25, 0.3) is 0 Å². The third kappa shape index (κ3) is 4.59. The minimum atomic E-state index is -0.814. The van der Waals surface area contributed by atoms with Crippen LogP contribution in [-0.2, 0) is 20.9 Å². The lowest BCUT2D eigenvalue weighted by Crippen LogP contribution is -2.47. The first-order valence-corrected chi connectivity index (χ1v) is 10.1. The van der Waals surface area contributed by atoms with E-state index >= 15 is 0 Å². The highest BCUT2D eigenvalue weighted by Gasteiger charge is 2.32. The number of ether oxygens (including phenoxy) is 4. The van der Waals surface area contributed by atoms with Crippen LogP contribution in [0.4, 0.5) is 0 Å². The first-order valence-electron chi connectivity index (χ1n) is 10.1. The Morgan fingerprint density at radius 2 is 1.84 bits per heavy atom. The zero-order valence-electron chi connectivity index (χ0n) is 17.5. The molecule has 3 amide bonds. The Kier molecular flexibility index (Phi) is 6.41. The first-order chi connectivity index (χ1) is 15.6. The summed E-state index contributed by atoms with van der Waals surface area (Å²) in [6.45, 7) is 0.945. The molecular formula is C22H23N3O7. The van der Waals surface area contributed by atoms with E-state index in [1.165, 1.54) is 12.0 Å². The maximum Gasteiger partial charge on any atom is 0.309 e. The monoisotopic (exact) mass is 441 g/mol. The number of nitrogens with one attached hydrogen (secondary N) is 2. The fourth-order valence-corrected chi connectivity index (χ4v) is 3.48. The molecule has 168 valence electrons. The van der Waals surface area contributed by atoms with Crippen molar-refractivity contribution in [2.24, 2.45) is 0 Å². The van der Waals surface area contributed by atoms with Gasteiger partial charge in [-0.2, -0.15) is 0 Å². The van der Waals surface area contributed by atoms with Crippen LogP contribution in [0.5, 0.6) is 17.2 Å². The average molecular weight is 441 g/mol. The van der Waals surface area contributed by atoms with Crippen LogP contribution < -0.4 is 24.8 Å². The zero-order valence-corrected chi connectivity index (χ0v) is 17.5. The Balaban J connectivity index is 1.30. The number of hydrogen-bond donors (Lipinski definition) is 2. The van der Waals surface area contributed by atoms with Gasteiger partial charge in [0.2, 0.25) is 6.79 Å². The SMILES string of the molecule is COc1ccccc1CNC(=O)C(=O)NCC1OCCN1C(=O)c1ccc2c(c1)OCO2. The van der Waals surface area contributed by atoms with Gasteiger partial charge in [0.05, 0.1) is 20.3 Å². The molecule has 0 bridgehead atoms. The van der Waals surface area contributed by atoms with Crippen LogP contribution in [0.15, 0.2) is 42.5 Å². The second kappa shape index (κ2) is 9.56. The van der Waals surface area contributed by atoms with E-state index in [-0.39, 0.29) is 25.8 Å². The number of carbonyl (C=O) groups is 3. The summed E-state index contributed by atoms with van der Waals surface area (Å²) in [4.78, 5) is 38.8. The van der Waals surface area contributed by atoms with E-state index in [1.54, 1.807) is 30.3 Å². The Morgan fingerprint density at radius 3 is 2.69 bits per heavy atom. The molecule has 10 heteroatoms. The van der Waals surface area contributed by atoms with E-state index < -0.39 is 18.0 Å². The fourth-order valence-electron chi connectivity index (χ4n) is 3.48. The summed E-state index contributed by atoms with van der Waals surface area (Å²) in [5.74, 6) is -0.158. The van der Waals surface area contributed by atoms with Gasteiger partial charge in [-0.05, 0) is 24.3 Å². The maximum absolute atomic E-state index is 12.9. The summed E-state index contributed by atoms with van der Waals surface area (Å²) in [5.41, 5.74) is 1.17. The van der Waals surface area contributed by atoms with E-state index in [4.69, 9.17) is 18.9 Å². The second-order valence-corrected chi connectivity index (χ2v) is 7.10. The van der Waals surface area contributed by atoms with Gasteiger partial charge in [-0.1, -0.05) is 18.2 Å². The third-order valence-corrected chi connectivity index (χ3v) is 5.15. The standard InChI is InChI=1S/C22H23N3O7/c1-29-16-5-3-2-4-15(16)11-23-20(26)21(27)24-12-19-25(8-9-30-19)22(28)14-6-7-17-18(10-14)32-13-31-17/h2-7,10,19H,8-9,11-13H2,1H3,(H,23,26)(H,24,27). The molecule has 2 aromatic carbocycles. The van der Waals surface area contributed by atoms with Gasteiger partial charge in [0.1, 0.15) is 12.0 Å². The maximum atomic E-state index is 12.9. The molecule has 2 aromatic rings. The van der Waals surface area contributed by atoms with Crippen LogP contribution in [0.1, 0.15) is 15.9 Å². The van der Waals surface area contributed by atoms with Gasteiger partial charge in [-0.25, -0.2) is 0 Å². The van der Waals surface area contributed by atoms with Gasteiger partial charge in [0, 0.05) is 24.2 Å². The van der Waals surface area contributed by atoms with Gasteiger partial charge in [-0.15, -0.1) is 0 Å². The minimum absolute atomic E-state index is 0.0167. The number of carbonyl (C=O) groups excluding carboxylic acids is 3. The van der Waals surface area contributed by atoms with Crippen molar-refractivity contribution in [3.05, 3.63) is 53.6 Å². The van der Waals surface area contributed by atoms with Crippen LogP contribution in [0.2, 0.25) is 0 Å². The van der Waals surface area contributed by atoms with Gasteiger partial charge >= 0.3 is 11.8 Å². The summed E-state index contributed by atoms with van der Waals surface area (Å²) in [5, 5.41) is 5.08. The van der Waals surface area contributed by atoms with Crippen molar-refractivity contribution in [3.8, 4) is 17.2 Å². The van der Waals surface area contributed by atoms with E-state index in [0.717, 1.165) is 5.56 Å². The highest BCUT2D eigenvalue weighted by Crippen LogP contribution is 2.33. The van der Waals surface area contributed by atoms with Gasteiger partial charge in [0.15, 0.2) is 11.5 Å². The number of hydrogen-bond acceptors (Lipinski definition) is 7. The molecule has 0 aliphatic carbocycles. The van der Waals surface area contributed by atoms with Crippen LogP contribution in [-0.4, -0.2) is 62.4 Å². The molecule has 1 fully saturated rings. The number of methoxy groups -OCH3 is 1. The number of fused-ring (bicyclic) bond motifs is 1. The molecule has 2 aliphatic rings. The highest BCUT2D eigenvalue weighted by molar-refractivity contribution is 6.35. The molecule has 0 radical (unpaired) electrons. The predicted octanol–water partition coefficient (Wildman–Crippen LogP) is 0.655. The largest absolute Gasteiger partial charge is 0.496 e. The van der Waals surface area contributed by atoms with Crippen molar-refractivity contribution < 1.29 is 33.3 Å². The molecule has 2 aliphatic heterocycles. The van der Waals surface area contributed by atoms with E-state index in [9.17, 15) is 14.4 Å². The van der Waals surface area contributed by atoms with Crippen molar-refractivity contribution >= 4 is 17.7 Å². The topological polar surface area (TPSA) is 115 Å². The van der Waals surface area contributed by atoms with Crippen LogP contribution >= 0.6 is 0 Å². The molecule has 10 nitrogen and oxygen atoms in total. The Hall–Kier alpha value is -3.79. The van der Waals surface area contributed by atoms with Crippen molar-refractivity contribution in [1.82, 2.24) is 15.5 Å². The molecule has 2 heterocycles. The number of rotatable bonds is 6. The number of nitrogens with zero attached hydrogens (tertiary/aromatic N) is 1. The van der Waals surface area contributed by atoms with Gasteiger partial charge in [0.25, 0.3) is 5.91 Å². The van der Waals surface area contributed by atoms with Gasteiger partial charge in [-0.3, -0.25) is 14.4 Å². The Morgan fingerprint density at radius 1 is 1.06 bits per heavy atom. The quantitative estimate of drug-likeness (QED) is 0.633. The van der Waals surface area contributed by atoms with Crippen molar-refractivity contribution in [3.63, 3.8) is 0 Å². The predicted molar refractivity (Wildman–Crippen MR) is 111 cm³/mol. The summed E-state index contributed by atoms with van der Waals surface area (Å²) < 4.78 is 21.4. The summed E-state index contributed by atoms with van der Waals surface area (Å²) >= 11 is 0. The lowest BCUT2D eigenvalue weighted by atomic mass is 10.1. The summed E-state index contributed by atoms with van der Waals surface area (Å²) in [6, 6.07) is 12.1. The highest BCUT2D eigenvalue weighted by atomic mass is 16.7. The molecule has 0 aromatic heterocycles. The van der Waals surface area contributed by atoms with Crippen molar-refractivity contribution in [1.29, 1.82) is 0 Å². The lowest BCUT2D eigenvalue weighted by Gasteiger charge is -2.23. The van der Waals surface area contributed by atoms with Crippen molar-refractivity contribution in [2.75, 3.05) is 33.6 Å². The zero-order chi connectivity index (χ0) is 22.5. The van der Waals surface area contributed by atoms with Crippen LogP contribution in [0, 0.1) is 0 Å². The fraction of sp³-hybridized carbons (Fsp3) is 0.318. The molecule has 32 heavy (non-hydrogen) atoms. The third-order valence-electron chi connectivity index (χ3n) is 5.15. The van der Waals surface area contributed by atoms with E-state index in [1.807, 2.05) is 12.1 Å². The molecule has 1 unspecified atom stereocenters. The lowest BCUT2D eigenvalue weighted by molar-refractivity contribution is -0.139. The molecule has 1 atom stereocenters. The Bertz CT molecular complexity index is 1030. The molecule has 1 saturated heterocycles. The molecule has 0 spiro atoms. The molecule has 4 rings (SSSR count). The van der Waals surface area contributed by atoms with Gasteiger partial charge < -0.3 is 34.5 Å². The molecule has 2 N–H and O–H groups in total. The second-order valence-electron chi connectivity index (χ2n) is 7.10. The van der Waals surface area contributed by atoms with E-state index in [0.29, 0.717) is 36.0 Å².